The van der Waals surface area contributed by atoms with Crippen molar-refractivity contribution in [3.63, 3.8) is 0 Å². The fourth-order valence-electron chi connectivity index (χ4n) is 1.53. The van der Waals surface area contributed by atoms with Gasteiger partial charge < -0.3 is 24.8 Å². The van der Waals surface area contributed by atoms with E-state index in [4.69, 9.17) is 14.2 Å². The molecule has 0 rings (SSSR count). The van der Waals surface area contributed by atoms with Gasteiger partial charge in [0, 0.05) is 47.1 Å². The van der Waals surface area contributed by atoms with Crippen LogP contribution in [0.25, 0.3) is 0 Å². The summed E-state index contributed by atoms with van der Waals surface area (Å²) in [5, 5.41) is 6.54. The van der Waals surface area contributed by atoms with Crippen molar-refractivity contribution < 1.29 is 14.2 Å². The molecule has 120 valence electrons. The Hall–Kier alpha value is -0.850. The summed E-state index contributed by atoms with van der Waals surface area (Å²) in [6.45, 7) is 7.47. The van der Waals surface area contributed by atoms with E-state index in [1.807, 2.05) is 6.92 Å². The molecule has 0 aliphatic rings. The van der Waals surface area contributed by atoms with Crippen LogP contribution in [0.5, 0.6) is 0 Å². The van der Waals surface area contributed by atoms with Gasteiger partial charge in [0.2, 0.25) is 0 Å². The van der Waals surface area contributed by atoms with E-state index in [1.165, 1.54) is 0 Å². The maximum Gasteiger partial charge on any atom is 0.190 e. The SMILES string of the molecule is CCOCCCNC(=NC)NCCCCOCCOC. The zero-order valence-electron chi connectivity index (χ0n) is 13.2. The Balaban J connectivity index is 3.33. The van der Waals surface area contributed by atoms with Crippen molar-refractivity contribution in [1.29, 1.82) is 0 Å². The van der Waals surface area contributed by atoms with Gasteiger partial charge in [-0.25, -0.2) is 0 Å². The lowest BCUT2D eigenvalue weighted by Gasteiger charge is -2.11. The average Bonchev–Trinajstić information content (AvgIpc) is 2.47. The summed E-state index contributed by atoms with van der Waals surface area (Å²) < 4.78 is 15.6. The van der Waals surface area contributed by atoms with E-state index >= 15 is 0 Å². The van der Waals surface area contributed by atoms with E-state index in [2.05, 4.69) is 15.6 Å². The molecule has 6 heteroatoms. The lowest BCUT2D eigenvalue weighted by molar-refractivity contribution is 0.0689. The highest BCUT2D eigenvalue weighted by atomic mass is 16.5. The van der Waals surface area contributed by atoms with Crippen LogP contribution in [0, 0.1) is 0 Å². The molecule has 0 aromatic heterocycles. The molecule has 2 N–H and O–H groups in total. The summed E-state index contributed by atoms with van der Waals surface area (Å²) in [4.78, 5) is 4.17. The molecule has 0 aromatic rings. The minimum absolute atomic E-state index is 0.663. The Labute approximate surface area is 123 Å². The number of guanidine groups is 1. The van der Waals surface area contributed by atoms with Gasteiger partial charge in [0.15, 0.2) is 5.96 Å². The smallest absolute Gasteiger partial charge is 0.190 e. The molecule has 0 heterocycles. The molecule has 0 saturated heterocycles. The lowest BCUT2D eigenvalue weighted by atomic mass is 10.3. The van der Waals surface area contributed by atoms with Crippen LogP contribution < -0.4 is 10.6 Å². The van der Waals surface area contributed by atoms with Gasteiger partial charge in [-0.05, 0) is 26.2 Å². The number of ether oxygens (including phenoxy) is 3. The second kappa shape index (κ2) is 16.2. The first-order chi connectivity index (χ1) is 9.85. The summed E-state index contributed by atoms with van der Waals surface area (Å²) in [5.41, 5.74) is 0. The number of aliphatic imine (C=N–C) groups is 1. The molecule has 0 spiro atoms. The van der Waals surface area contributed by atoms with Crippen molar-refractivity contribution in [2.24, 2.45) is 4.99 Å². The molecule has 6 nitrogen and oxygen atoms in total. The van der Waals surface area contributed by atoms with Gasteiger partial charge in [-0.15, -0.1) is 0 Å². The summed E-state index contributed by atoms with van der Waals surface area (Å²) in [7, 11) is 3.46. The van der Waals surface area contributed by atoms with Crippen LogP contribution in [0.1, 0.15) is 26.2 Å². The first kappa shape index (κ1) is 19.1. The van der Waals surface area contributed by atoms with E-state index in [1.54, 1.807) is 14.2 Å². The Bertz CT molecular complexity index is 226. The summed E-state index contributed by atoms with van der Waals surface area (Å²) in [6, 6.07) is 0. The molecule has 0 saturated carbocycles. The van der Waals surface area contributed by atoms with E-state index in [9.17, 15) is 0 Å². The Morgan fingerprint density at radius 1 is 0.900 bits per heavy atom. The van der Waals surface area contributed by atoms with Gasteiger partial charge >= 0.3 is 0 Å². The predicted molar refractivity (Wildman–Crippen MR) is 82.4 cm³/mol. The van der Waals surface area contributed by atoms with Crippen LogP contribution in [-0.2, 0) is 14.2 Å². The van der Waals surface area contributed by atoms with Crippen LogP contribution in [0.2, 0.25) is 0 Å². The molecule has 0 aliphatic carbocycles. The summed E-state index contributed by atoms with van der Waals surface area (Å²) in [5.74, 6) is 0.849. The molecular formula is C14H31N3O3. The minimum atomic E-state index is 0.663. The highest BCUT2D eigenvalue weighted by Crippen LogP contribution is 1.89. The van der Waals surface area contributed by atoms with Crippen LogP contribution in [0.15, 0.2) is 4.99 Å². The normalized spacial score (nSPS) is 11.7. The number of rotatable bonds is 13. The average molecular weight is 289 g/mol. The molecule has 0 aromatic carbocycles. The summed E-state index contributed by atoms with van der Waals surface area (Å²) in [6.07, 6.45) is 3.09. The van der Waals surface area contributed by atoms with E-state index in [0.29, 0.717) is 13.2 Å². The number of hydrogen-bond acceptors (Lipinski definition) is 4. The van der Waals surface area contributed by atoms with E-state index in [0.717, 1.165) is 58.1 Å². The molecule has 0 atom stereocenters. The van der Waals surface area contributed by atoms with Gasteiger partial charge in [-0.2, -0.15) is 0 Å². The Kier molecular flexibility index (Phi) is 15.5. The van der Waals surface area contributed by atoms with Gasteiger partial charge in [0.25, 0.3) is 0 Å². The third kappa shape index (κ3) is 13.6. The van der Waals surface area contributed by atoms with Gasteiger partial charge in [0.05, 0.1) is 13.2 Å². The third-order valence-corrected chi connectivity index (χ3v) is 2.63. The molecule has 20 heavy (non-hydrogen) atoms. The first-order valence-electron chi connectivity index (χ1n) is 7.44. The van der Waals surface area contributed by atoms with Crippen molar-refractivity contribution in [2.45, 2.75) is 26.2 Å². The fraction of sp³-hybridized carbons (Fsp3) is 0.929. The lowest BCUT2D eigenvalue weighted by Crippen LogP contribution is -2.38. The highest BCUT2D eigenvalue weighted by Gasteiger charge is 1.96. The third-order valence-electron chi connectivity index (χ3n) is 2.63. The van der Waals surface area contributed by atoms with Crippen LogP contribution in [0.3, 0.4) is 0 Å². The molecular weight excluding hydrogens is 258 g/mol. The summed E-state index contributed by atoms with van der Waals surface area (Å²) >= 11 is 0. The van der Waals surface area contributed by atoms with Gasteiger partial charge in [-0.3, -0.25) is 4.99 Å². The standard InChI is InChI=1S/C14H31N3O3/c1-4-19-11-7-9-17-14(15-2)16-8-5-6-10-20-13-12-18-3/h4-13H2,1-3H3,(H2,15,16,17). The molecule has 0 fully saturated rings. The van der Waals surface area contributed by atoms with Crippen LogP contribution in [-0.4, -0.2) is 66.2 Å². The highest BCUT2D eigenvalue weighted by molar-refractivity contribution is 5.79. The number of hydrogen-bond donors (Lipinski definition) is 2. The number of unbranched alkanes of at least 4 members (excludes halogenated alkanes) is 1. The minimum Gasteiger partial charge on any atom is -0.382 e. The molecule has 0 aliphatic heterocycles. The van der Waals surface area contributed by atoms with Crippen molar-refractivity contribution >= 4 is 5.96 Å². The zero-order valence-corrected chi connectivity index (χ0v) is 13.2. The van der Waals surface area contributed by atoms with Crippen LogP contribution in [0.4, 0.5) is 0 Å². The number of nitrogens with zero attached hydrogens (tertiary/aromatic N) is 1. The van der Waals surface area contributed by atoms with Crippen molar-refractivity contribution in [3.05, 3.63) is 0 Å². The molecule has 0 amide bonds. The van der Waals surface area contributed by atoms with Crippen LogP contribution >= 0.6 is 0 Å². The molecule has 0 unspecified atom stereocenters. The van der Waals surface area contributed by atoms with Crippen molar-refractivity contribution in [2.75, 3.05) is 60.3 Å². The Morgan fingerprint density at radius 3 is 2.25 bits per heavy atom. The monoisotopic (exact) mass is 289 g/mol. The van der Waals surface area contributed by atoms with Gasteiger partial charge in [-0.1, -0.05) is 0 Å². The zero-order chi connectivity index (χ0) is 14.9. The van der Waals surface area contributed by atoms with Crippen molar-refractivity contribution in [3.8, 4) is 0 Å². The largest absolute Gasteiger partial charge is 0.382 e. The number of nitrogens with one attached hydrogen (secondary N) is 2. The maximum atomic E-state index is 5.40. The maximum absolute atomic E-state index is 5.40. The van der Waals surface area contributed by atoms with E-state index in [-0.39, 0.29) is 0 Å². The van der Waals surface area contributed by atoms with Crippen molar-refractivity contribution in [1.82, 2.24) is 10.6 Å². The second-order valence-electron chi connectivity index (χ2n) is 4.29. The van der Waals surface area contributed by atoms with E-state index < -0.39 is 0 Å². The molecule has 0 radical (unpaired) electrons. The van der Waals surface area contributed by atoms with Gasteiger partial charge in [0.1, 0.15) is 0 Å². The fourth-order valence-corrected chi connectivity index (χ4v) is 1.53. The second-order valence-corrected chi connectivity index (χ2v) is 4.29. The predicted octanol–water partition coefficient (Wildman–Crippen LogP) is 1.02. The number of methoxy groups -OCH3 is 1. The topological polar surface area (TPSA) is 64.1 Å². The quantitative estimate of drug-likeness (QED) is 0.301. The first-order valence-corrected chi connectivity index (χ1v) is 7.44. The Morgan fingerprint density at radius 2 is 1.60 bits per heavy atom. The molecule has 0 bridgehead atoms.